The summed E-state index contributed by atoms with van der Waals surface area (Å²) in [5.41, 5.74) is 1.10. The monoisotopic (exact) mass is 184 g/mol. The Morgan fingerprint density at radius 3 is 2.92 bits per heavy atom. The highest BCUT2D eigenvalue weighted by atomic mass is 32.1. The minimum absolute atomic E-state index is 0.542. The lowest BCUT2D eigenvalue weighted by atomic mass is 10.2. The number of nitrogens with zero attached hydrogens (tertiary/aromatic N) is 1. The van der Waals surface area contributed by atoms with Gasteiger partial charge in [-0.25, -0.2) is 4.98 Å². The van der Waals surface area contributed by atoms with Gasteiger partial charge in [0.05, 0.1) is 5.69 Å². The minimum atomic E-state index is 0.542. The summed E-state index contributed by atoms with van der Waals surface area (Å²) < 4.78 is 0. The first-order valence-corrected chi connectivity index (χ1v) is 5.29. The van der Waals surface area contributed by atoms with Crippen molar-refractivity contribution in [3.63, 3.8) is 0 Å². The van der Waals surface area contributed by atoms with E-state index in [-0.39, 0.29) is 0 Å². The molecular formula is C9H16N2S. The molecule has 0 saturated heterocycles. The van der Waals surface area contributed by atoms with Crippen LogP contribution in [0.4, 0.5) is 5.13 Å². The highest BCUT2D eigenvalue weighted by Crippen LogP contribution is 2.16. The average molecular weight is 184 g/mol. The zero-order valence-electron chi connectivity index (χ0n) is 7.92. The first kappa shape index (κ1) is 9.52. The summed E-state index contributed by atoms with van der Waals surface area (Å²) in [4.78, 5) is 4.34. The van der Waals surface area contributed by atoms with E-state index in [1.165, 1.54) is 12.8 Å². The van der Waals surface area contributed by atoms with Crippen molar-refractivity contribution >= 4 is 16.5 Å². The average Bonchev–Trinajstić information content (AvgIpc) is 2.36. The molecule has 0 aliphatic carbocycles. The lowest BCUT2D eigenvalue weighted by Gasteiger charge is -2.10. The standard InChI is InChI=1S/C9H16N2S/c1-4-5-7(2)10-9-11-8(3)6-12-9/h6-7H,4-5H2,1-3H3,(H,10,11). The van der Waals surface area contributed by atoms with E-state index < -0.39 is 0 Å². The van der Waals surface area contributed by atoms with E-state index in [4.69, 9.17) is 0 Å². The van der Waals surface area contributed by atoms with E-state index in [0.29, 0.717) is 6.04 Å². The summed E-state index contributed by atoms with van der Waals surface area (Å²) in [6, 6.07) is 0.542. The SMILES string of the molecule is CCCC(C)Nc1nc(C)cs1. The van der Waals surface area contributed by atoms with Crippen LogP contribution < -0.4 is 5.32 Å². The maximum Gasteiger partial charge on any atom is 0.183 e. The molecule has 0 amide bonds. The van der Waals surface area contributed by atoms with Gasteiger partial charge >= 0.3 is 0 Å². The maximum absolute atomic E-state index is 4.34. The van der Waals surface area contributed by atoms with Gasteiger partial charge in [0.1, 0.15) is 0 Å². The molecule has 1 N–H and O–H groups in total. The maximum atomic E-state index is 4.34. The second-order valence-electron chi connectivity index (χ2n) is 3.13. The van der Waals surface area contributed by atoms with Crippen molar-refractivity contribution in [2.24, 2.45) is 0 Å². The van der Waals surface area contributed by atoms with Gasteiger partial charge in [0.2, 0.25) is 0 Å². The highest BCUT2D eigenvalue weighted by molar-refractivity contribution is 7.13. The summed E-state index contributed by atoms with van der Waals surface area (Å²) in [6.45, 7) is 6.41. The Kier molecular flexibility index (Phi) is 3.53. The van der Waals surface area contributed by atoms with E-state index in [1.54, 1.807) is 11.3 Å². The van der Waals surface area contributed by atoms with E-state index in [2.05, 4.69) is 29.5 Å². The van der Waals surface area contributed by atoms with Gasteiger partial charge in [-0.15, -0.1) is 11.3 Å². The van der Waals surface area contributed by atoms with Gasteiger partial charge in [-0.2, -0.15) is 0 Å². The number of anilines is 1. The fourth-order valence-corrected chi connectivity index (χ4v) is 1.94. The van der Waals surface area contributed by atoms with Crippen LogP contribution in [0.3, 0.4) is 0 Å². The number of hydrogen-bond donors (Lipinski definition) is 1. The van der Waals surface area contributed by atoms with Crippen LogP contribution in [0.15, 0.2) is 5.38 Å². The van der Waals surface area contributed by atoms with Crippen LogP contribution in [0.25, 0.3) is 0 Å². The third kappa shape index (κ3) is 2.81. The number of rotatable bonds is 4. The molecule has 3 heteroatoms. The van der Waals surface area contributed by atoms with Crippen molar-refractivity contribution in [1.82, 2.24) is 4.98 Å². The topological polar surface area (TPSA) is 24.9 Å². The molecule has 2 nitrogen and oxygen atoms in total. The van der Waals surface area contributed by atoms with Crippen molar-refractivity contribution in [3.8, 4) is 0 Å². The summed E-state index contributed by atoms with van der Waals surface area (Å²) >= 11 is 1.68. The number of hydrogen-bond acceptors (Lipinski definition) is 3. The summed E-state index contributed by atoms with van der Waals surface area (Å²) in [5.74, 6) is 0. The third-order valence-electron chi connectivity index (χ3n) is 1.71. The molecule has 0 saturated carbocycles. The quantitative estimate of drug-likeness (QED) is 0.778. The van der Waals surface area contributed by atoms with Gasteiger partial charge in [-0.1, -0.05) is 13.3 Å². The molecule has 1 aromatic rings. The summed E-state index contributed by atoms with van der Waals surface area (Å²) in [5, 5.41) is 6.49. The van der Waals surface area contributed by atoms with E-state index in [0.717, 1.165) is 10.8 Å². The van der Waals surface area contributed by atoms with Crippen LogP contribution in [0.5, 0.6) is 0 Å². The molecule has 1 unspecified atom stereocenters. The van der Waals surface area contributed by atoms with Crippen molar-refractivity contribution in [3.05, 3.63) is 11.1 Å². The largest absolute Gasteiger partial charge is 0.359 e. The predicted molar refractivity (Wildman–Crippen MR) is 54.8 cm³/mol. The lowest BCUT2D eigenvalue weighted by Crippen LogP contribution is -2.14. The Morgan fingerprint density at radius 2 is 2.42 bits per heavy atom. The minimum Gasteiger partial charge on any atom is -0.359 e. The number of nitrogens with one attached hydrogen (secondary N) is 1. The first-order chi connectivity index (χ1) is 5.72. The molecule has 0 fully saturated rings. The predicted octanol–water partition coefficient (Wildman–Crippen LogP) is 3.05. The smallest absolute Gasteiger partial charge is 0.183 e. The van der Waals surface area contributed by atoms with E-state index in [9.17, 15) is 0 Å². The Hall–Kier alpha value is -0.570. The number of aromatic nitrogens is 1. The lowest BCUT2D eigenvalue weighted by molar-refractivity contribution is 0.689. The molecule has 1 atom stereocenters. The van der Waals surface area contributed by atoms with Gasteiger partial charge in [-0.3, -0.25) is 0 Å². The Morgan fingerprint density at radius 1 is 1.67 bits per heavy atom. The second kappa shape index (κ2) is 4.45. The van der Waals surface area contributed by atoms with Crippen molar-refractivity contribution in [2.75, 3.05) is 5.32 Å². The fourth-order valence-electron chi connectivity index (χ4n) is 1.14. The molecule has 1 heterocycles. The van der Waals surface area contributed by atoms with Crippen LogP contribution in [0.1, 0.15) is 32.4 Å². The molecule has 0 aromatic carbocycles. The van der Waals surface area contributed by atoms with Crippen LogP contribution in [0, 0.1) is 6.92 Å². The second-order valence-corrected chi connectivity index (χ2v) is 3.99. The van der Waals surface area contributed by atoms with Gasteiger partial charge in [0, 0.05) is 11.4 Å². The number of thiazole rings is 1. The zero-order valence-corrected chi connectivity index (χ0v) is 8.74. The molecule has 12 heavy (non-hydrogen) atoms. The molecule has 0 bridgehead atoms. The highest BCUT2D eigenvalue weighted by Gasteiger charge is 2.02. The Bertz CT molecular complexity index is 232. The molecule has 68 valence electrons. The van der Waals surface area contributed by atoms with Crippen molar-refractivity contribution < 1.29 is 0 Å². The van der Waals surface area contributed by atoms with Crippen molar-refractivity contribution in [1.29, 1.82) is 0 Å². The van der Waals surface area contributed by atoms with Crippen LogP contribution >= 0.6 is 11.3 Å². The van der Waals surface area contributed by atoms with Crippen LogP contribution in [-0.4, -0.2) is 11.0 Å². The third-order valence-corrected chi connectivity index (χ3v) is 2.60. The molecule has 0 aliphatic heterocycles. The molecular weight excluding hydrogens is 168 g/mol. The summed E-state index contributed by atoms with van der Waals surface area (Å²) in [6.07, 6.45) is 2.43. The first-order valence-electron chi connectivity index (χ1n) is 4.41. The fraction of sp³-hybridized carbons (Fsp3) is 0.667. The zero-order chi connectivity index (χ0) is 8.97. The molecule has 1 aromatic heterocycles. The molecule has 0 aliphatic rings. The summed E-state index contributed by atoms with van der Waals surface area (Å²) in [7, 11) is 0. The molecule has 0 spiro atoms. The molecule has 0 radical (unpaired) electrons. The Labute approximate surface area is 78.0 Å². The van der Waals surface area contributed by atoms with Crippen molar-refractivity contribution in [2.45, 2.75) is 39.7 Å². The normalized spacial score (nSPS) is 12.9. The Balaban J connectivity index is 2.41. The van der Waals surface area contributed by atoms with Gasteiger partial charge in [0.15, 0.2) is 5.13 Å². The number of aryl methyl sites for hydroxylation is 1. The van der Waals surface area contributed by atoms with Gasteiger partial charge in [-0.05, 0) is 20.3 Å². The van der Waals surface area contributed by atoms with Crippen LogP contribution in [0.2, 0.25) is 0 Å². The van der Waals surface area contributed by atoms with Gasteiger partial charge in [0.25, 0.3) is 0 Å². The van der Waals surface area contributed by atoms with E-state index >= 15 is 0 Å². The van der Waals surface area contributed by atoms with E-state index in [1.807, 2.05) is 6.92 Å². The van der Waals surface area contributed by atoms with Crippen LogP contribution in [-0.2, 0) is 0 Å². The van der Waals surface area contributed by atoms with Gasteiger partial charge < -0.3 is 5.32 Å². The molecule has 1 rings (SSSR count).